The van der Waals surface area contributed by atoms with Gasteiger partial charge in [0.25, 0.3) is 0 Å². The molecule has 0 aromatic carbocycles. The molecule has 0 aromatic heterocycles. The Morgan fingerprint density at radius 3 is 2.87 bits per heavy atom. The van der Waals surface area contributed by atoms with Crippen LogP contribution in [-0.2, 0) is 9.53 Å². The van der Waals surface area contributed by atoms with Crippen LogP contribution < -0.4 is 0 Å². The Hall–Kier alpha value is -1.05. The first-order chi connectivity index (χ1) is 7.13. The summed E-state index contributed by atoms with van der Waals surface area (Å²) in [7, 11) is 0. The molecule has 84 valence electrons. The second-order valence-corrected chi connectivity index (χ2v) is 4.17. The van der Waals surface area contributed by atoms with Crippen LogP contribution in [-0.4, -0.2) is 12.6 Å². The zero-order chi connectivity index (χ0) is 11.3. The van der Waals surface area contributed by atoms with Crippen molar-refractivity contribution in [1.82, 2.24) is 0 Å². The average molecular weight is 208 g/mol. The molecule has 0 saturated carbocycles. The summed E-state index contributed by atoms with van der Waals surface area (Å²) in [5.74, 6) is 0.459. The Balaban J connectivity index is 2.56. The molecule has 0 N–H and O–H groups in total. The number of hydrogen-bond acceptors (Lipinski definition) is 2. The maximum absolute atomic E-state index is 11.3. The first kappa shape index (κ1) is 12.0. The molecule has 2 nitrogen and oxygen atoms in total. The minimum absolute atomic E-state index is 0.120. The molecule has 0 fully saturated rings. The van der Waals surface area contributed by atoms with E-state index < -0.39 is 0 Å². The Morgan fingerprint density at radius 2 is 2.27 bits per heavy atom. The van der Waals surface area contributed by atoms with Crippen molar-refractivity contribution in [2.24, 2.45) is 5.92 Å². The molecular formula is C13H20O2. The lowest BCUT2D eigenvalue weighted by Crippen LogP contribution is -2.07. The highest BCUT2D eigenvalue weighted by atomic mass is 16.5. The molecule has 0 saturated heterocycles. The second kappa shape index (κ2) is 5.74. The van der Waals surface area contributed by atoms with E-state index in [-0.39, 0.29) is 5.97 Å². The Morgan fingerprint density at radius 1 is 1.53 bits per heavy atom. The lowest BCUT2D eigenvalue weighted by molar-refractivity contribution is -0.142. The van der Waals surface area contributed by atoms with Crippen LogP contribution >= 0.6 is 0 Å². The Labute approximate surface area is 92.0 Å². The van der Waals surface area contributed by atoms with Gasteiger partial charge in [0.1, 0.15) is 0 Å². The molecule has 0 amide bonds. The van der Waals surface area contributed by atoms with Gasteiger partial charge in [-0.05, 0) is 31.3 Å². The standard InChI is InChI=1S/C13H20O2/c1-4-15-13(14)9-11-6-5-7-12(8-11)10(2)3/h6,8,10H,4-5,7,9H2,1-3H3. The van der Waals surface area contributed by atoms with Gasteiger partial charge < -0.3 is 4.74 Å². The third-order valence-corrected chi connectivity index (χ3v) is 2.61. The number of hydrogen-bond donors (Lipinski definition) is 0. The van der Waals surface area contributed by atoms with E-state index in [0.29, 0.717) is 18.9 Å². The van der Waals surface area contributed by atoms with E-state index in [1.165, 1.54) is 5.57 Å². The second-order valence-electron chi connectivity index (χ2n) is 4.17. The minimum atomic E-state index is -0.120. The molecule has 0 aliphatic heterocycles. The van der Waals surface area contributed by atoms with Gasteiger partial charge >= 0.3 is 5.97 Å². The van der Waals surface area contributed by atoms with Crippen molar-refractivity contribution in [2.75, 3.05) is 6.61 Å². The fourth-order valence-electron chi connectivity index (χ4n) is 1.75. The van der Waals surface area contributed by atoms with E-state index in [9.17, 15) is 4.79 Å². The number of carbonyl (C=O) groups excluding carboxylic acids is 1. The predicted molar refractivity (Wildman–Crippen MR) is 61.5 cm³/mol. The van der Waals surface area contributed by atoms with Crippen molar-refractivity contribution in [3.8, 4) is 0 Å². The van der Waals surface area contributed by atoms with Gasteiger partial charge in [-0.1, -0.05) is 31.6 Å². The molecule has 1 aliphatic rings. The zero-order valence-electron chi connectivity index (χ0n) is 9.88. The summed E-state index contributed by atoms with van der Waals surface area (Å²) in [5.41, 5.74) is 2.56. The molecular weight excluding hydrogens is 188 g/mol. The molecule has 0 spiro atoms. The van der Waals surface area contributed by atoms with Crippen molar-refractivity contribution < 1.29 is 9.53 Å². The van der Waals surface area contributed by atoms with E-state index in [1.54, 1.807) is 0 Å². The minimum Gasteiger partial charge on any atom is -0.466 e. The first-order valence-corrected chi connectivity index (χ1v) is 5.68. The number of esters is 1. The normalized spacial score (nSPS) is 16.0. The molecule has 0 atom stereocenters. The van der Waals surface area contributed by atoms with E-state index in [2.05, 4.69) is 26.0 Å². The fourth-order valence-corrected chi connectivity index (χ4v) is 1.75. The molecule has 1 rings (SSSR count). The summed E-state index contributed by atoms with van der Waals surface area (Å²) >= 11 is 0. The third kappa shape index (κ3) is 3.90. The summed E-state index contributed by atoms with van der Waals surface area (Å²) in [6.45, 7) is 6.69. The largest absolute Gasteiger partial charge is 0.466 e. The lowest BCUT2D eigenvalue weighted by atomic mass is 9.90. The smallest absolute Gasteiger partial charge is 0.310 e. The highest BCUT2D eigenvalue weighted by Gasteiger charge is 2.11. The summed E-state index contributed by atoms with van der Waals surface area (Å²) in [5, 5.41) is 0. The fraction of sp³-hybridized carbons (Fsp3) is 0.615. The first-order valence-electron chi connectivity index (χ1n) is 5.68. The molecule has 15 heavy (non-hydrogen) atoms. The Bertz CT molecular complexity index is 285. The van der Waals surface area contributed by atoms with E-state index in [1.807, 2.05) is 6.92 Å². The van der Waals surface area contributed by atoms with E-state index >= 15 is 0 Å². The monoisotopic (exact) mass is 208 g/mol. The highest BCUT2D eigenvalue weighted by molar-refractivity contribution is 5.73. The van der Waals surface area contributed by atoms with Crippen LogP contribution in [0, 0.1) is 5.92 Å². The number of carbonyl (C=O) groups is 1. The van der Waals surface area contributed by atoms with Crippen LogP contribution in [0.2, 0.25) is 0 Å². The maximum Gasteiger partial charge on any atom is 0.310 e. The van der Waals surface area contributed by atoms with Crippen LogP contribution in [0.25, 0.3) is 0 Å². The van der Waals surface area contributed by atoms with Crippen LogP contribution in [0.3, 0.4) is 0 Å². The van der Waals surface area contributed by atoms with Crippen molar-refractivity contribution in [2.45, 2.75) is 40.0 Å². The molecule has 0 radical (unpaired) electrons. The van der Waals surface area contributed by atoms with Gasteiger partial charge in [-0.25, -0.2) is 0 Å². The van der Waals surface area contributed by atoms with Gasteiger partial charge in [0.05, 0.1) is 13.0 Å². The Kier molecular flexibility index (Phi) is 4.60. The molecule has 0 heterocycles. The highest BCUT2D eigenvalue weighted by Crippen LogP contribution is 2.25. The third-order valence-electron chi connectivity index (χ3n) is 2.61. The van der Waals surface area contributed by atoms with Gasteiger partial charge in [0.15, 0.2) is 0 Å². The quantitative estimate of drug-likeness (QED) is 0.663. The number of rotatable bonds is 4. The van der Waals surface area contributed by atoms with E-state index in [0.717, 1.165) is 18.4 Å². The van der Waals surface area contributed by atoms with Crippen LogP contribution in [0.4, 0.5) is 0 Å². The number of ether oxygens (including phenoxy) is 1. The van der Waals surface area contributed by atoms with Gasteiger partial charge in [0, 0.05) is 0 Å². The number of allylic oxidation sites excluding steroid dienone is 3. The van der Waals surface area contributed by atoms with Gasteiger partial charge in [-0.3, -0.25) is 4.79 Å². The van der Waals surface area contributed by atoms with E-state index in [4.69, 9.17) is 4.74 Å². The topological polar surface area (TPSA) is 26.3 Å². The lowest BCUT2D eigenvalue weighted by Gasteiger charge is -2.16. The van der Waals surface area contributed by atoms with Crippen molar-refractivity contribution in [1.29, 1.82) is 0 Å². The molecule has 0 bridgehead atoms. The average Bonchev–Trinajstić information content (AvgIpc) is 2.18. The molecule has 0 unspecified atom stereocenters. The van der Waals surface area contributed by atoms with Crippen LogP contribution in [0.1, 0.15) is 40.0 Å². The summed E-state index contributed by atoms with van der Waals surface area (Å²) in [6.07, 6.45) is 6.90. The molecule has 2 heteroatoms. The van der Waals surface area contributed by atoms with Crippen molar-refractivity contribution >= 4 is 5.97 Å². The summed E-state index contributed by atoms with van der Waals surface area (Å²) < 4.78 is 4.93. The van der Waals surface area contributed by atoms with Gasteiger partial charge in [-0.15, -0.1) is 0 Å². The summed E-state index contributed by atoms with van der Waals surface area (Å²) in [6, 6.07) is 0. The predicted octanol–water partition coefficient (Wildman–Crippen LogP) is 3.24. The van der Waals surface area contributed by atoms with Crippen LogP contribution in [0.15, 0.2) is 23.3 Å². The SMILES string of the molecule is CCOC(=O)CC1=CCCC(C(C)C)=C1. The van der Waals surface area contributed by atoms with Gasteiger partial charge in [-0.2, -0.15) is 0 Å². The molecule has 0 aromatic rings. The molecule has 1 aliphatic carbocycles. The summed E-state index contributed by atoms with van der Waals surface area (Å²) in [4.78, 5) is 11.3. The zero-order valence-corrected chi connectivity index (χ0v) is 9.88. The van der Waals surface area contributed by atoms with Crippen molar-refractivity contribution in [3.63, 3.8) is 0 Å². The van der Waals surface area contributed by atoms with Crippen LogP contribution in [0.5, 0.6) is 0 Å². The van der Waals surface area contributed by atoms with Crippen molar-refractivity contribution in [3.05, 3.63) is 23.3 Å². The van der Waals surface area contributed by atoms with Gasteiger partial charge in [0.2, 0.25) is 0 Å². The maximum atomic E-state index is 11.3.